The van der Waals surface area contributed by atoms with Gasteiger partial charge in [-0.15, -0.1) is 0 Å². The molecule has 3 heteroatoms. The van der Waals surface area contributed by atoms with Gasteiger partial charge in [-0.25, -0.2) is 0 Å². The summed E-state index contributed by atoms with van der Waals surface area (Å²) in [5.74, 6) is 0. The Bertz CT molecular complexity index is 3490. The van der Waals surface area contributed by atoms with Crippen molar-refractivity contribution in [2.45, 2.75) is 0 Å². The molecule has 0 saturated heterocycles. The van der Waals surface area contributed by atoms with E-state index in [4.69, 9.17) is 4.42 Å². The number of fused-ring (bicyclic) bond motifs is 9. The first-order chi connectivity index (χ1) is 28.2. The summed E-state index contributed by atoms with van der Waals surface area (Å²) >= 11 is 0. The summed E-state index contributed by atoms with van der Waals surface area (Å²) < 4.78 is 11.3. The fourth-order valence-corrected chi connectivity index (χ4v) is 9.01. The molecule has 12 rings (SSSR count). The normalized spacial score (nSPS) is 11.9. The lowest BCUT2D eigenvalue weighted by Crippen LogP contribution is -1.94. The Kier molecular flexibility index (Phi) is 6.93. The van der Waals surface area contributed by atoms with Crippen molar-refractivity contribution in [3.05, 3.63) is 206 Å². The van der Waals surface area contributed by atoms with Crippen LogP contribution in [-0.4, -0.2) is 9.13 Å². The van der Waals surface area contributed by atoms with Crippen molar-refractivity contribution in [1.29, 1.82) is 0 Å². The van der Waals surface area contributed by atoms with E-state index in [9.17, 15) is 0 Å². The van der Waals surface area contributed by atoms with E-state index in [0.29, 0.717) is 0 Å². The zero-order valence-corrected chi connectivity index (χ0v) is 30.9. The molecule has 0 spiro atoms. The molecule has 266 valence electrons. The van der Waals surface area contributed by atoms with Crippen LogP contribution in [0.15, 0.2) is 211 Å². The van der Waals surface area contributed by atoms with Crippen LogP contribution in [0.2, 0.25) is 0 Å². The maximum atomic E-state index is 6.45. The van der Waals surface area contributed by atoms with Gasteiger partial charge in [0.15, 0.2) is 0 Å². The monoisotopic (exact) mass is 726 g/mol. The Hall–Kier alpha value is -7.62. The van der Waals surface area contributed by atoms with Crippen LogP contribution in [0.25, 0.3) is 110 Å². The number of benzene rings is 9. The average molecular weight is 727 g/mol. The lowest BCUT2D eigenvalue weighted by atomic mass is 10.0. The zero-order valence-electron chi connectivity index (χ0n) is 30.9. The molecule has 0 radical (unpaired) electrons. The van der Waals surface area contributed by atoms with Gasteiger partial charge in [0.2, 0.25) is 0 Å². The van der Waals surface area contributed by atoms with Crippen molar-refractivity contribution < 1.29 is 4.42 Å². The van der Waals surface area contributed by atoms with Gasteiger partial charge in [-0.1, -0.05) is 133 Å². The lowest BCUT2D eigenvalue weighted by Gasteiger charge is -2.11. The van der Waals surface area contributed by atoms with Crippen LogP contribution in [0.3, 0.4) is 0 Å². The molecule has 3 nitrogen and oxygen atoms in total. The second-order valence-corrected chi connectivity index (χ2v) is 14.9. The molecule has 9 aromatic carbocycles. The Morgan fingerprint density at radius 1 is 0.246 bits per heavy atom. The average Bonchev–Trinajstić information content (AvgIpc) is 3.93. The first kappa shape index (κ1) is 31.7. The molecular weight excluding hydrogens is 693 g/mol. The minimum Gasteiger partial charge on any atom is -0.456 e. The van der Waals surface area contributed by atoms with Gasteiger partial charge in [0.05, 0.1) is 22.1 Å². The van der Waals surface area contributed by atoms with E-state index >= 15 is 0 Å². The predicted octanol–water partition coefficient (Wildman–Crippen LogP) is 14.8. The molecule has 0 aliphatic heterocycles. The molecule has 0 amide bonds. The van der Waals surface area contributed by atoms with E-state index in [-0.39, 0.29) is 0 Å². The van der Waals surface area contributed by atoms with Crippen LogP contribution in [0, 0.1) is 0 Å². The highest BCUT2D eigenvalue weighted by molar-refractivity contribution is 6.18. The summed E-state index contributed by atoms with van der Waals surface area (Å²) in [5.41, 5.74) is 16.0. The second-order valence-electron chi connectivity index (χ2n) is 14.9. The molecule has 0 bridgehead atoms. The third kappa shape index (κ3) is 4.99. The second kappa shape index (κ2) is 12.5. The van der Waals surface area contributed by atoms with Gasteiger partial charge in [0, 0.05) is 43.7 Å². The molecule has 3 heterocycles. The van der Waals surface area contributed by atoms with E-state index in [2.05, 4.69) is 209 Å². The van der Waals surface area contributed by atoms with E-state index in [1.165, 1.54) is 66.0 Å². The topological polar surface area (TPSA) is 23.0 Å². The van der Waals surface area contributed by atoms with Crippen LogP contribution in [0.5, 0.6) is 0 Å². The van der Waals surface area contributed by atoms with Crippen molar-refractivity contribution in [3.8, 4) is 44.8 Å². The van der Waals surface area contributed by atoms with Gasteiger partial charge in [-0.3, -0.25) is 0 Å². The van der Waals surface area contributed by atoms with Crippen LogP contribution >= 0.6 is 0 Å². The van der Waals surface area contributed by atoms with Crippen molar-refractivity contribution in [3.63, 3.8) is 0 Å². The zero-order chi connectivity index (χ0) is 37.5. The van der Waals surface area contributed by atoms with Gasteiger partial charge >= 0.3 is 0 Å². The van der Waals surface area contributed by atoms with E-state index in [1.807, 2.05) is 6.07 Å². The van der Waals surface area contributed by atoms with Crippen molar-refractivity contribution in [1.82, 2.24) is 9.13 Å². The molecule has 57 heavy (non-hydrogen) atoms. The quantitative estimate of drug-likeness (QED) is 0.173. The van der Waals surface area contributed by atoms with Gasteiger partial charge < -0.3 is 13.6 Å². The fraction of sp³-hybridized carbons (Fsp3) is 0. The van der Waals surface area contributed by atoms with Crippen LogP contribution < -0.4 is 0 Å². The van der Waals surface area contributed by atoms with E-state index in [0.717, 1.165) is 44.3 Å². The first-order valence-corrected chi connectivity index (χ1v) is 19.5. The largest absolute Gasteiger partial charge is 0.456 e. The summed E-state index contributed by atoms with van der Waals surface area (Å²) in [6, 6.07) is 74.5. The smallest absolute Gasteiger partial charge is 0.136 e. The molecule has 0 fully saturated rings. The van der Waals surface area contributed by atoms with Crippen LogP contribution in [-0.2, 0) is 0 Å². The molecular formula is C54H34N2O. The molecule has 0 aliphatic carbocycles. The maximum Gasteiger partial charge on any atom is 0.136 e. The summed E-state index contributed by atoms with van der Waals surface area (Å²) in [4.78, 5) is 0. The highest BCUT2D eigenvalue weighted by Gasteiger charge is 2.19. The minimum absolute atomic E-state index is 0.901. The number of hydrogen-bond acceptors (Lipinski definition) is 1. The highest BCUT2D eigenvalue weighted by atomic mass is 16.3. The molecule has 0 saturated carbocycles. The van der Waals surface area contributed by atoms with E-state index in [1.54, 1.807) is 0 Å². The van der Waals surface area contributed by atoms with Crippen LogP contribution in [0.4, 0.5) is 0 Å². The van der Waals surface area contributed by atoms with Gasteiger partial charge in [-0.2, -0.15) is 0 Å². The SMILES string of the molecule is c1ccc(-c2ccc(-n3c4ccc(-c5ccc6c(c5)c5ccccc5n6-c5cccc(-c6ccccc6)c5)cc4c4cc5oc6ccccc6c5cc43)cc2)cc1. The fourth-order valence-electron chi connectivity index (χ4n) is 9.01. The lowest BCUT2D eigenvalue weighted by molar-refractivity contribution is 0.669. The number of aromatic nitrogens is 2. The molecule has 12 aromatic rings. The summed E-state index contributed by atoms with van der Waals surface area (Å²) in [5, 5.41) is 7.09. The summed E-state index contributed by atoms with van der Waals surface area (Å²) in [7, 11) is 0. The third-order valence-corrected chi connectivity index (χ3v) is 11.7. The highest BCUT2D eigenvalue weighted by Crippen LogP contribution is 2.41. The molecule has 0 N–H and O–H groups in total. The number of para-hydroxylation sites is 2. The summed E-state index contributed by atoms with van der Waals surface area (Å²) in [6.45, 7) is 0. The van der Waals surface area contributed by atoms with Gasteiger partial charge in [0.25, 0.3) is 0 Å². The Morgan fingerprint density at radius 2 is 0.754 bits per heavy atom. The molecule has 0 unspecified atom stereocenters. The van der Waals surface area contributed by atoms with E-state index < -0.39 is 0 Å². The number of hydrogen-bond donors (Lipinski definition) is 0. The van der Waals surface area contributed by atoms with Crippen molar-refractivity contribution in [2.75, 3.05) is 0 Å². The van der Waals surface area contributed by atoms with Gasteiger partial charge in [-0.05, 0) is 106 Å². The number of nitrogens with zero attached hydrogens (tertiary/aromatic N) is 2. The van der Waals surface area contributed by atoms with Crippen LogP contribution in [0.1, 0.15) is 0 Å². The number of rotatable bonds is 5. The maximum absolute atomic E-state index is 6.45. The number of furan rings is 1. The Labute approximate surface area is 328 Å². The first-order valence-electron chi connectivity index (χ1n) is 19.5. The van der Waals surface area contributed by atoms with Crippen molar-refractivity contribution in [2.24, 2.45) is 0 Å². The molecule has 0 aliphatic rings. The third-order valence-electron chi connectivity index (χ3n) is 11.7. The predicted molar refractivity (Wildman–Crippen MR) is 239 cm³/mol. The molecule has 0 atom stereocenters. The van der Waals surface area contributed by atoms with Crippen molar-refractivity contribution >= 4 is 65.6 Å². The Balaban J connectivity index is 1.04. The standard InChI is InChI=1S/C54H34N2O/c1-3-12-35(13-4-1)37-22-26-41(27-23-37)55-51-29-25-40(32-46(51)47-34-54-48(33-52(47)55)44-19-8-10-21-53(44)57-54)39-24-28-50-45(31-39)43-18-7-9-20-49(43)56(50)42-17-11-16-38(30-42)36-14-5-2-6-15-36/h1-34H. The molecule has 3 aromatic heterocycles. The Morgan fingerprint density at radius 3 is 1.49 bits per heavy atom. The summed E-state index contributed by atoms with van der Waals surface area (Å²) in [6.07, 6.45) is 0. The van der Waals surface area contributed by atoms with Gasteiger partial charge in [0.1, 0.15) is 11.2 Å². The minimum atomic E-state index is 0.901.